The fourth-order valence-corrected chi connectivity index (χ4v) is 1.74. The van der Waals surface area contributed by atoms with Crippen LogP contribution in [-0.2, 0) is 9.31 Å². The Morgan fingerprint density at radius 2 is 1.82 bits per heavy atom. The Labute approximate surface area is 102 Å². The van der Waals surface area contributed by atoms with Crippen molar-refractivity contribution in [1.29, 1.82) is 0 Å². The van der Waals surface area contributed by atoms with Gasteiger partial charge in [-0.05, 0) is 0 Å². The predicted octanol–water partition coefficient (Wildman–Crippen LogP) is 2.43. The molecule has 4 heteroatoms. The van der Waals surface area contributed by atoms with Crippen LogP contribution in [0.3, 0.4) is 0 Å². The lowest BCUT2D eigenvalue weighted by Crippen LogP contribution is -2.41. The van der Waals surface area contributed by atoms with E-state index in [-0.39, 0.29) is 11.2 Å². The van der Waals surface area contributed by atoms with Gasteiger partial charge in [-0.2, -0.15) is 0 Å². The maximum absolute atomic E-state index is 11.9. The monoisotopic (exact) mass is 232 g/mol. The van der Waals surface area contributed by atoms with Crippen LogP contribution in [0.4, 0.5) is 0 Å². The number of carbonyl (C=O) groups excluding carboxylic acids is 1. The van der Waals surface area contributed by atoms with Crippen molar-refractivity contribution in [2.24, 2.45) is 5.41 Å². The largest absolute Gasteiger partial charge is 0.464 e. The van der Waals surface area contributed by atoms with Gasteiger partial charge in [-0.15, -0.1) is 0 Å². The van der Waals surface area contributed by atoms with Crippen molar-refractivity contribution >= 4 is 12.9 Å². The zero-order valence-corrected chi connectivity index (χ0v) is 10.3. The first-order valence-electron chi connectivity index (χ1n) is 5.88. The number of hydrogen-bond donors (Lipinski definition) is 0. The van der Waals surface area contributed by atoms with Crippen LogP contribution < -0.4 is 0 Å². The fraction of sp³-hybridized carbons (Fsp3) is 0.462. The number of hydrogen-bond acceptors (Lipinski definition) is 3. The van der Waals surface area contributed by atoms with Crippen molar-refractivity contribution in [3.8, 4) is 0 Å². The van der Waals surface area contributed by atoms with Gasteiger partial charge in [0.1, 0.15) is 0 Å². The predicted molar refractivity (Wildman–Crippen MR) is 67.0 cm³/mol. The van der Waals surface area contributed by atoms with Crippen molar-refractivity contribution in [2.75, 3.05) is 13.2 Å². The van der Waals surface area contributed by atoms with E-state index in [1.807, 2.05) is 30.3 Å². The lowest BCUT2D eigenvalue weighted by molar-refractivity contribution is 0.0282. The Balaban J connectivity index is 1.89. The third kappa shape index (κ3) is 3.41. The summed E-state index contributed by atoms with van der Waals surface area (Å²) >= 11 is 0. The molecule has 1 aliphatic heterocycles. The Morgan fingerprint density at radius 3 is 2.41 bits per heavy atom. The molecule has 1 aromatic rings. The van der Waals surface area contributed by atoms with Gasteiger partial charge >= 0.3 is 7.12 Å². The van der Waals surface area contributed by atoms with Crippen LogP contribution in [0, 0.1) is 5.41 Å². The second-order valence-corrected chi connectivity index (χ2v) is 5.21. The van der Waals surface area contributed by atoms with Crippen LogP contribution in [-0.4, -0.2) is 26.1 Å². The van der Waals surface area contributed by atoms with Crippen LogP contribution in [0.15, 0.2) is 30.3 Å². The molecule has 3 nitrogen and oxygen atoms in total. The molecule has 1 aliphatic rings. The van der Waals surface area contributed by atoms with Crippen LogP contribution >= 0.6 is 0 Å². The zero-order valence-electron chi connectivity index (χ0n) is 10.3. The molecular weight excluding hydrogens is 215 g/mol. The number of rotatable bonds is 3. The third-order valence-electron chi connectivity index (χ3n) is 2.77. The first-order valence-corrected chi connectivity index (χ1v) is 5.88. The number of benzene rings is 1. The molecule has 17 heavy (non-hydrogen) atoms. The van der Waals surface area contributed by atoms with Crippen LogP contribution in [0.1, 0.15) is 24.2 Å². The van der Waals surface area contributed by atoms with E-state index in [1.54, 1.807) is 0 Å². The average Bonchev–Trinajstić information content (AvgIpc) is 2.33. The number of Topliss-reactive ketones (excluding diaryl/α,β-unsaturated/α-hetero) is 1. The van der Waals surface area contributed by atoms with E-state index in [0.717, 1.165) is 0 Å². The second kappa shape index (κ2) is 5.02. The Morgan fingerprint density at radius 1 is 1.24 bits per heavy atom. The maximum Gasteiger partial charge on any atom is 0.464 e. The quantitative estimate of drug-likeness (QED) is 0.593. The highest BCUT2D eigenvalue weighted by Gasteiger charge is 2.33. The van der Waals surface area contributed by atoms with Gasteiger partial charge in [0.2, 0.25) is 0 Å². The smallest absolute Gasteiger partial charge is 0.410 e. The molecule has 2 rings (SSSR count). The summed E-state index contributed by atoms with van der Waals surface area (Å²) < 4.78 is 11.1. The fourth-order valence-electron chi connectivity index (χ4n) is 1.74. The zero-order chi connectivity index (χ0) is 12.3. The Bertz CT molecular complexity index is 379. The molecule has 0 radical (unpaired) electrons. The summed E-state index contributed by atoms with van der Waals surface area (Å²) in [6.07, 6.45) is 0.292. The Kier molecular flexibility index (Phi) is 3.65. The molecule has 90 valence electrons. The molecule has 1 saturated heterocycles. The highest BCUT2D eigenvalue weighted by atomic mass is 16.6. The molecule has 0 aliphatic carbocycles. The summed E-state index contributed by atoms with van der Waals surface area (Å²) in [5.41, 5.74) is 0.760. The maximum atomic E-state index is 11.9. The second-order valence-electron chi connectivity index (χ2n) is 5.21. The van der Waals surface area contributed by atoms with E-state index in [1.165, 1.54) is 0 Å². The summed E-state index contributed by atoms with van der Waals surface area (Å²) in [4.78, 5) is 11.9. The first-order chi connectivity index (χ1) is 8.07. The lowest BCUT2D eigenvalue weighted by Gasteiger charge is -2.32. The van der Waals surface area contributed by atoms with E-state index < -0.39 is 7.12 Å². The Hall–Kier alpha value is -1.13. The van der Waals surface area contributed by atoms with Gasteiger partial charge in [-0.3, -0.25) is 4.79 Å². The van der Waals surface area contributed by atoms with Gasteiger partial charge in [-0.25, -0.2) is 0 Å². The third-order valence-corrected chi connectivity index (χ3v) is 2.77. The van der Waals surface area contributed by atoms with Gasteiger partial charge in [0.25, 0.3) is 0 Å². The molecule has 1 aromatic carbocycles. The minimum atomic E-state index is -0.393. The molecule has 0 saturated carbocycles. The molecule has 0 aromatic heterocycles. The molecule has 0 spiro atoms. The molecule has 0 bridgehead atoms. The van der Waals surface area contributed by atoms with Gasteiger partial charge in [0.05, 0.1) is 0 Å². The van der Waals surface area contributed by atoms with E-state index in [4.69, 9.17) is 9.31 Å². The van der Waals surface area contributed by atoms with Crippen molar-refractivity contribution in [2.45, 2.75) is 20.2 Å². The van der Waals surface area contributed by atoms with Crippen molar-refractivity contribution < 1.29 is 14.1 Å². The summed E-state index contributed by atoms with van der Waals surface area (Å²) in [6, 6.07) is 9.25. The molecule has 0 N–H and O–H groups in total. The first kappa shape index (κ1) is 12.3. The van der Waals surface area contributed by atoms with Gasteiger partial charge in [0.15, 0.2) is 5.78 Å². The molecule has 1 heterocycles. The number of carbonyl (C=O) groups is 1. The van der Waals surface area contributed by atoms with Gasteiger partial charge in [0, 0.05) is 30.5 Å². The normalized spacial score (nSPS) is 19.1. The molecule has 0 unspecified atom stereocenters. The van der Waals surface area contributed by atoms with E-state index in [2.05, 4.69) is 13.8 Å². The summed E-state index contributed by atoms with van der Waals surface area (Å²) in [5.74, 6) is 0.0651. The summed E-state index contributed by atoms with van der Waals surface area (Å²) in [5, 5.41) is 0. The standard InChI is InChI=1S/C13H17BO3/c1-13(2)9-16-14(17-10-13)8-12(15)11-6-4-3-5-7-11/h3-7H,8-10H2,1-2H3. The van der Waals surface area contributed by atoms with Gasteiger partial charge in [-0.1, -0.05) is 44.2 Å². The topological polar surface area (TPSA) is 35.5 Å². The average molecular weight is 232 g/mol. The highest BCUT2D eigenvalue weighted by molar-refractivity contribution is 6.50. The van der Waals surface area contributed by atoms with E-state index in [9.17, 15) is 4.79 Å². The van der Waals surface area contributed by atoms with Gasteiger partial charge < -0.3 is 9.31 Å². The van der Waals surface area contributed by atoms with E-state index >= 15 is 0 Å². The van der Waals surface area contributed by atoms with Crippen molar-refractivity contribution in [3.63, 3.8) is 0 Å². The summed E-state index contributed by atoms with van der Waals surface area (Å²) in [6.45, 7) is 5.45. The van der Waals surface area contributed by atoms with Crippen molar-refractivity contribution in [3.05, 3.63) is 35.9 Å². The lowest BCUT2D eigenvalue weighted by atomic mass is 9.77. The van der Waals surface area contributed by atoms with Crippen LogP contribution in [0.2, 0.25) is 6.32 Å². The SMILES string of the molecule is CC1(C)COB(CC(=O)c2ccccc2)OC1. The number of ketones is 1. The molecule has 0 amide bonds. The highest BCUT2D eigenvalue weighted by Crippen LogP contribution is 2.23. The van der Waals surface area contributed by atoms with Crippen molar-refractivity contribution in [1.82, 2.24) is 0 Å². The van der Waals surface area contributed by atoms with E-state index in [0.29, 0.717) is 25.1 Å². The molecule has 1 fully saturated rings. The molecular formula is C13H17BO3. The minimum absolute atomic E-state index is 0.0479. The minimum Gasteiger partial charge on any atom is -0.410 e. The summed E-state index contributed by atoms with van der Waals surface area (Å²) in [7, 11) is -0.393. The molecule has 0 atom stereocenters. The van der Waals surface area contributed by atoms with Crippen LogP contribution in [0.5, 0.6) is 0 Å². The van der Waals surface area contributed by atoms with Crippen LogP contribution in [0.25, 0.3) is 0 Å².